The van der Waals surface area contributed by atoms with Gasteiger partial charge in [0.1, 0.15) is 5.76 Å². The third-order valence-electron chi connectivity index (χ3n) is 5.59. The number of nitrogens with zero attached hydrogens (tertiary/aromatic N) is 1. The van der Waals surface area contributed by atoms with Gasteiger partial charge in [0.15, 0.2) is 10.6 Å². The fourth-order valence-corrected chi connectivity index (χ4v) is 4.17. The lowest BCUT2D eigenvalue weighted by Gasteiger charge is -2.34. The number of halogens is 1. The summed E-state index contributed by atoms with van der Waals surface area (Å²) < 4.78 is 12.7. The fraction of sp³-hybridized carbons (Fsp3) is 0.304. The first kappa shape index (κ1) is 19.5. The molecule has 0 saturated heterocycles. The number of aromatic nitrogens is 1. The Kier molecular flexibility index (Phi) is 4.87. The number of pyridine rings is 1. The molecule has 0 radical (unpaired) electrons. The van der Waals surface area contributed by atoms with Crippen molar-refractivity contribution in [3.05, 3.63) is 68.7 Å². The second-order valence-corrected chi connectivity index (χ2v) is 8.15. The summed E-state index contributed by atoms with van der Waals surface area (Å²) in [5.74, 6) is 0.402. The Labute approximate surface area is 173 Å². The molecule has 1 unspecified atom stereocenters. The first-order valence-electron chi connectivity index (χ1n) is 9.54. The number of hydrogen-bond acceptors (Lipinski definition) is 4. The fourth-order valence-electron chi connectivity index (χ4n) is 4.02. The highest BCUT2D eigenvalue weighted by molar-refractivity contribution is 6.29. The van der Waals surface area contributed by atoms with Crippen LogP contribution in [0.2, 0.25) is 5.22 Å². The zero-order chi connectivity index (χ0) is 20.9. The summed E-state index contributed by atoms with van der Waals surface area (Å²) in [4.78, 5) is 24.9. The number of ether oxygens (including phenoxy) is 1. The minimum absolute atomic E-state index is 0.0203. The van der Waals surface area contributed by atoms with Crippen LogP contribution in [0.4, 0.5) is 0 Å². The highest BCUT2D eigenvalue weighted by Gasteiger charge is 2.29. The average molecular weight is 412 g/mol. The molecule has 0 fully saturated rings. The molecule has 1 aliphatic heterocycles. The Balaban J connectivity index is 2.01. The monoisotopic (exact) mass is 411 g/mol. The van der Waals surface area contributed by atoms with Crippen LogP contribution in [0.1, 0.15) is 41.4 Å². The van der Waals surface area contributed by atoms with Crippen molar-refractivity contribution in [2.24, 2.45) is 5.92 Å². The predicted octanol–water partition coefficient (Wildman–Crippen LogP) is 5.28. The lowest BCUT2D eigenvalue weighted by atomic mass is 9.84. The maximum Gasteiger partial charge on any atom is 0.338 e. The first-order chi connectivity index (χ1) is 13.8. The van der Waals surface area contributed by atoms with Gasteiger partial charge in [-0.1, -0.05) is 13.8 Å². The van der Waals surface area contributed by atoms with Crippen LogP contribution < -0.4 is 5.43 Å². The van der Waals surface area contributed by atoms with E-state index in [-0.39, 0.29) is 16.7 Å². The molecule has 4 rings (SSSR count). The van der Waals surface area contributed by atoms with Crippen LogP contribution in [-0.2, 0) is 11.2 Å². The van der Waals surface area contributed by atoms with Crippen molar-refractivity contribution in [1.82, 2.24) is 4.57 Å². The van der Waals surface area contributed by atoms with Gasteiger partial charge >= 0.3 is 5.97 Å². The molecule has 0 amide bonds. The molecule has 0 spiro atoms. The molecule has 29 heavy (non-hydrogen) atoms. The number of methoxy groups -OCH3 is 1. The summed E-state index contributed by atoms with van der Waals surface area (Å²) >= 11 is 5.96. The molecule has 0 N–H and O–H groups in total. The Hall–Kier alpha value is -2.79. The van der Waals surface area contributed by atoms with E-state index in [4.69, 9.17) is 20.8 Å². The van der Waals surface area contributed by atoms with E-state index in [0.29, 0.717) is 28.4 Å². The Morgan fingerprint density at radius 2 is 2.00 bits per heavy atom. The van der Waals surface area contributed by atoms with Crippen molar-refractivity contribution in [3.63, 3.8) is 0 Å². The molecule has 1 atom stereocenters. The SMILES string of the molecule is COC(=O)c1cc2c(cc1-c1ccc(Cl)o1)CC(C(C)C)n1cc(C)c(=O)cc1-2. The van der Waals surface area contributed by atoms with Crippen molar-refractivity contribution in [2.45, 2.75) is 33.2 Å². The van der Waals surface area contributed by atoms with Crippen molar-refractivity contribution in [3.8, 4) is 22.6 Å². The third kappa shape index (κ3) is 3.29. The van der Waals surface area contributed by atoms with E-state index in [1.54, 1.807) is 24.3 Å². The molecular formula is C23H22ClNO4. The number of carbonyl (C=O) groups excluding carboxylic acids is 1. The van der Waals surface area contributed by atoms with E-state index < -0.39 is 5.97 Å². The van der Waals surface area contributed by atoms with Gasteiger partial charge in [-0.15, -0.1) is 0 Å². The van der Waals surface area contributed by atoms with E-state index >= 15 is 0 Å². The highest BCUT2D eigenvalue weighted by Crippen LogP contribution is 2.41. The second-order valence-electron chi connectivity index (χ2n) is 7.78. The number of fused-ring (bicyclic) bond motifs is 3. The van der Waals surface area contributed by atoms with E-state index in [0.717, 1.165) is 23.2 Å². The van der Waals surface area contributed by atoms with Gasteiger partial charge in [-0.2, -0.15) is 0 Å². The minimum Gasteiger partial charge on any atom is -0.465 e. The van der Waals surface area contributed by atoms with Gasteiger partial charge in [0, 0.05) is 35.0 Å². The third-order valence-corrected chi connectivity index (χ3v) is 5.79. The summed E-state index contributed by atoms with van der Waals surface area (Å²) in [7, 11) is 1.34. The molecule has 3 heterocycles. The number of esters is 1. The Morgan fingerprint density at radius 1 is 1.24 bits per heavy atom. The normalized spacial score (nSPS) is 15.2. The zero-order valence-corrected chi connectivity index (χ0v) is 17.5. The quantitative estimate of drug-likeness (QED) is 0.550. The molecular weight excluding hydrogens is 390 g/mol. The summed E-state index contributed by atoms with van der Waals surface area (Å²) in [5.41, 5.74) is 4.43. The van der Waals surface area contributed by atoms with Crippen LogP contribution in [-0.4, -0.2) is 17.6 Å². The summed E-state index contributed by atoms with van der Waals surface area (Å²) in [5, 5.41) is 0.251. The largest absolute Gasteiger partial charge is 0.465 e. The van der Waals surface area contributed by atoms with Gasteiger partial charge in [-0.3, -0.25) is 4.79 Å². The minimum atomic E-state index is -0.470. The summed E-state index contributed by atoms with van der Waals surface area (Å²) in [6.45, 7) is 6.16. The molecule has 3 aromatic rings. The standard InChI is InChI=1S/C23H22ClNO4/c1-12(2)18-8-14-7-16(21-5-6-22(24)29-21)17(23(27)28-4)9-15(14)19-10-20(26)13(3)11-25(18)19/h5-7,9-12,18H,8H2,1-4H3. The van der Waals surface area contributed by atoms with Crippen LogP contribution in [0, 0.1) is 12.8 Å². The number of hydrogen-bond donors (Lipinski definition) is 0. The van der Waals surface area contributed by atoms with Crippen molar-refractivity contribution >= 4 is 17.6 Å². The molecule has 0 bridgehead atoms. The van der Waals surface area contributed by atoms with Gasteiger partial charge in [-0.05, 0) is 60.7 Å². The zero-order valence-electron chi connectivity index (χ0n) is 16.8. The van der Waals surface area contributed by atoms with Crippen LogP contribution >= 0.6 is 11.6 Å². The molecule has 1 aliphatic rings. The molecule has 5 nitrogen and oxygen atoms in total. The van der Waals surface area contributed by atoms with Gasteiger partial charge in [0.2, 0.25) is 0 Å². The summed E-state index contributed by atoms with van der Waals surface area (Å²) in [6.07, 6.45) is 2.70. The topological polar surface area (TPSA) is 61.4 Å². The highest BCUT2D eigenvalue weighted by atomic mass is 35.5. The van der Waals surface area contributed by atoms with E-state index in [2.05, 4.69) is 18.4 Å². The van der Waals surface area contributed by atoms with Crippen LogP contribution in [0.3, 0.4) is 0 Å². The van der Waals surface area contributed by atoms with Crippen molar-refractivity contribution in [2.75, 3.05) is 7.11 Å². The molecule has 6 heteroatoms. The number of furan rings is 1. The van der Waals surface area contributed by atoms with Gasteiger partial charge in [-0.25, -0.2) is 4.79 Å². The van der Waals surface area contributed by atoms with E-state index in [9.17, 15) is 9.59 Å². The van der Waals surface area contributed by atoms with Crippen molar-refractivity contribution in [1.29, 1.82) is 0 Å². The number of benzene rings is 1. The lowest BCUT2D eigenvalue weighted by Crippen LogP contribution is -2.26. The maximum atomic E-state index is 12.5. The first-order valence-corrected chi connectivity index (χ1v) is 9.92. The Bertz CT molecular complexity index is 1170. The predicted molar refractivity (Wildman–Crippen MR) is 113 cm³/mol. The number of aryl methyl sites for hydroxylation is 1. The Morgan fingerprint density at radius 3 is 2.62 bits per heavy atom. The van der Waals surface area contributed by atoms with E-state index in [1.165, 1.54) is 7.11 Å². The lowest BCUT2D eigenvalue weighted by molar-refractivity contribution is 0.0601. The molecule has 0 aliphatic carbocycles. The average Bonchev–Trinajstić information content (AvgIpc) is 3.13. The van der Waals surface area contributed by atoms with Crippen LogP contribution in [0.5, 0.6) is 0 Å². The number of carbonyl (C=O) groups is 1. The number of rotatable bonds is 3. The summed E-state index contributed by atoms with van der Waals surface area (Å²) in [6, 6.07) is 9.00. The van der Waals surface area contributed by atoms with Crippen molar-refractivity contribution < 1.29 is 13.9 Å². The van der Waals surface area contributed by atoms with E-state index in [1.807, 2.05) is 19.2 Å². The maximum absolute atomic E-state index is 12.5. The molecule has 1 aromatic carbocycles. The van der Waals surface area contributed by atoms with Crippen LogP contribution in [0.15, 0.2) is 45.7 Å². The molecule has 2 aromatic heterocycles. The van der Waals surface area contributed by atoms with Crippen LogP contribution in [0.25, 0.3) is 22.6 Å². The van der Waals surface area contributed by atoms with Gasteiger partial charge in [0.25, 0.3) is 0 Å². The van der Waals surface area contributed by atoms with Gasteiger partial charge in [0.05, 0.1) is 18.4 Å². The molecule has 0 saturated carbocycles. The smallest absolute Gasteiger partial charge is 0.338 e. The second kappa shape index (κ2) is 7.23. The van der Waals surface area contributed by atoms with Gasteiger partial charge < -0.3 is 13.7 Å². The molecule has 150 valence electrons.